The predicted molar refractivity (Wildman–Crippen MR) is 57.6 cm³/mol. The Labute approximate surface area is 90.7 Å². The summed E-state index contributed by atoms with van der Waals surface area (Å²) >= 11 is 0.156. The maximum absolute atomic E-state index is 12.0. The van der Waals surface area contributed by atoms with Crippen LogP contribution >= 0.6 is 0 Å². The van der Waals surface area contributed by atoms with Crippen molar-refractivity contribution in [3.63, 3.8) is 0 Å². The Morgan fingerprint density at radius 2 is 1.93 bits per heavy atom. The number of nitrogens with zero attached hydrogens (tertiary/aromatic N) is 1. The number of hydrogen-bond acceptors (Lipinski definition) is 1. The van der Waals surface area contributed by atoms with Gasteiger partial charge in [-0.2, -0.15) is 0 Å². The molecule has 0 unspecified atom stereocenters. The van der Waals surface area contributed by atoms with Crippen LogP contribution in [0.1, 0.15) is 19.4 Å². The van der Waals surface area contributed by atoms with E-state index in [-0.39, 0.29) is 26.5 Å². The molecule has 0 radical (unpaired) electrons. The summed E-state index contributed by atoms with van der Waals surface area (Å²) in [5.74, 6) is 0.233. The van der Waals surface area contributed by atoms with Crippen molar-refractivity contribution in [2.45, 2.75) is 19.3 Å². The topological polar surface area (TPSA) is 20.3 Å². The Kier molecular flexibility index (Phi) is 2.17. The fourth-order valence-corrected chi connectivity index (χ4v) is 4.21. The number of benzene rings is 1. The Balaban J connectivity index is 2.60. The van der Waals surface area contributed by atoms with Gasteiger partial charge < -0.3 is 0 Å². The van der Waals surface area contributed by atoms with E-state index in [0.29, 0.717) is 0 Å². The first-order valence-electron chi connectivity index (χ1n) is 4.59. The average molecular weight is 254 g/mol. The van der Waals surface area contributed by atoms with Crippen molar-refractivity contribution in [3.05, 3.63) is 29.8 Å². The number of fused-ring (bicyclic) bond motifs is 1. The number of hydrogen-bond donors (Lipinski definition) is 0. The Morgan fingerprint density at radius 3 is 2.64 bits per heavy atom. The van der Waals surface area contributed by atoms with Crippen LogP contribution in [0.15, 0.2) is 24.3 Å². The molecule has 0 N–H and O–H groups in total. The molecule has 1 aromatic rings. The van der Waals surface area contributed by atoms with Crippen LogP contribution in [0.3, 0.4) is 0 Å². The van der Waals surface area contributed by atoms with Gasteiger partial charge in [-0.25, -0.2) is 0 Å². The van der Waals surface area contributed by atoms with Gasteiger partial charge in [0.1, 0.15) is 0 Å². The zero-order chi connectivity index (χ0) is 10.3. The van der Waals surface area contributed by atoms with Gasteiger partial charge in [-0.15, -0.1) is 0 Å². The fraction of sp³-hybridized carbons (Fsp3) is 0.364. The summed E-state index contributed by atoms with van der Waals surface area (Å²) in [4.78, 5) is 12.0. The summed E-state index contributed by atoms with van der Waals surface area (Å²) in [5, 5.41) is 0. The van der Waals surface area contributed by atoms with E-state index in [2.05, 4.69) is 12.1 Å². The first-order valence-corrected chi connectivity index (χ1v) is 6.21. The van der Waals surface area contributed by atoms with Gasteiger partial charge >= 0.3 is 90.4 Å². The van der Waals surface area contributed by atoms with Gasteiger partial charge in [0.15, 0.2) is 0 Å². The number of rotatable bonds is 0. The second-order valence-corrected chi connectivity index (χ2v) is 6.47. The molecule has 1 aliphatic heterocycles. The summed E-state index contributed by atoms with van der Waals surface area (Å²) in [6.45, 7) is 4.00. The van der Waals surface area contributed by atoms with E-state index in [9.17, 15) is 4.79 Å². The normalized spacial score (nSPS) is 19.4. The molecule has 0 aliphatic carbocycles. The van der Waals surface area contributed by atoms with E-state index in [1.165, 1.54) is 10.0 Å². The molecule has 0 saturated heterocycles. The van der Waals surface area contributed by atoms with Crippen LogP contribution in [0, 0.1) is 0 Å². The van der Waals surface area contributed by atoms with Crippen molar-refractivity contribution in [1.29, 1.82) is 0 Å². The summed E-state index contributed by atoms with van der Waals surface area (Å²) in [6.07, 6.45) is 0. The number of amides is 1. The Morgan fingerprint density at radius 1 is 1.29 bits per heavy atom. The van der Waals surface area contributed by atoms with Gasteiger partial charge in [-0.1, -0.05) is 0 Å². The van der Waals surface area contributed by atoms with Gasteiger partial charge in [0.25, 0.3) is 0 Å². The molecule has 2 rings (SSSR count). The molecule has 1 amide bonds. The second kappa shape index (κ2) is 3.11. The van der Waals surface area contributed by atoms with Crippen molar-refractivity contribution in [1.82, 2.24) is 3.92 Å². The number of likely N-dealkylation sites (N-methyl/N-ethyl adjacent to an activating group) is 1. The molecule has 2 nitrogen and oxygen atoms in total. The standard InChI is InChI=1S/C11H13NOSe/c1-11(2)8-6-4-5-7-9(8)14-12(3)10(11)13/h4-7H,1-3H3. The average Bonchev–Trinajstić information content (AvgIpc) is 2.15. The molecule has 74 valence electrons. The predicted octanol–water partition coefficient (Wildman–Crippen LogP) is 0.681. The van der Waals surface area contributed by atoms with E-state index < -0.39 is 0 Å². The second-order valence-electron chi connectivity index (χ2n) is 4.02. The minimum absolute atomic E-state index is 0.156. The Bertz CT molecular complexity index is 387. The zero-order valence-electron chi connectivity index (χ0n) is 8.57. The summed E-state index contributed by atoms with van der Waals surface area (Å²) in [7, 11) is 1.89. The monoisotopic (exact) mass is 255 g/mol. The van der Waals surface area contributed by atoms with Gasteiger partial charge in [-0.05, 0) is 0 Å². The molecule has 1 aromatic carbocycles. The van der Waals surface area contributed by atoms with E-state index in [0.717, 1.165) is 0 Å². The van der Waals surface area contributed by atoms with Crippen molar-refractivity contribution in [3.8, 4) is 0 Å². The molecule has 0 spiro atoms. The molecule has 0 aromatic heterocycles. The quantitative estimate of drug-likeness (QED) is 0.623. The van der Waals surface area contributed by atoms with Crippen LogP contribution in [0.2, 0.25) is 0 Å². The minimum atomic E-state index is -0.356. The van der Waals surface area contributed by atoms with Crippen molar-refractivity contribution < 1.29 is 4.79 Å². The number of carbonyl (C=O) groups is 1. The van der Waals surface area contributed by atoms with Crippen LogP contribution < -0.4 is 4.46 Å². The molecule has 0 bridgehead atoms. The van der Waals surface area contributed by atoms with Gasteiger partial charge in [-0.3, -0.25) is 0 Å². The van der Waals surface area contributed by atoms with E-state index in [1.54, 1.807) is 0 Å². The third-order valence-corrected chi connectivity index (χ3v) is 4.70. The van der Waals surface area contributed by atoms with E-state index in [1.807, 2.05) is 36.9 Å². The van der Waals surface area contributed by atoms with E-state index >= 15 is 0 Å². The van der Waals surface area contributed by atoms with Gasteiger partial charge in [0, 0.05) is 0 Å². The van der Waals surface area contributed by atoms with Crippen LogP contribution in [-0.2, 0) is 10.2 Å². The molecule has 3 heteroatoms. The van der Waals surface area contributed by atoms with Crippen LogP contribution in [0.4, 0.5) is 0 Å². The molecule has 0 saturated carbocycles. The maximum atomic E-state index is 12.0. The van der Waals surface area contributed by atoms with Crippen molar-refractivity contribution in [2.75, 3.05) is 7.05 Å². The molecule has 0 atom stereocenters. The molecule has 0 fully saturated rings. The van der Waals surface area contributed by atoms with Crippen LogP contribution in [0.25, 0.3) is 0 Å². The molecular weight excluding hydrogens is 241 g/mol. The Hall–Kier alpha value is -0.791. The molecular formula is C11H13NOSe. The zero-order valence-corrected chi connectivity index (χ0v) is 10.3. The van der Waals surface area contributed by atoms with Crippen molar-refractivity contribution in [2.24, 2.45) is 0 Å². The van der Waals surface area contributed by atoms with E-state index in [4.69, 9.17) is 0 Å². The third kappa shape index (κ3) is 1.28. The fourth-order valence-electron chi connectivity index (χ4n) is 1.76. The third-order valence-electron chi connectivity index (χ3n) is 2.62. The number of carbonyl (C=O) groups excluding carboxylic acids is 1. The molecule has 1 aliphatic rings. The van der Waals surface area contributed by atoms with Crippen molar-refractivity contribution >= 4 is 25.5 Å². The van der Waals surface area contributed by atoms with Crippen LogP contribution in [-0.4, -0.2) is 32.0 Å². The first kappa shape index (κ1) is 9.75. The molecule has 14 heavy (non-hydrogen) atoms. The molecule has 1 heterocycles. The summed E-state index contributed by atoms with van der Waals surface area (Å²) in [6, 6.07) is 8.25. The summed E-state index contributed by atoms with van der Waals surface area (Å²) in [5.41, 5.74) is 0.842. The van der Waals surface area contributed by atoms with Gasteiger partial charge in [0.05, 0.1) is 0 Å². The SMILES string of the molecule is CN1[Se]c2ccccc2C(C)(C)C1=O. The summed E-state index contributed by atoms with van der Waals surface area (Å²) < 4.78 is 3.18. The van der Waals surface area contributed by atoms with Crippen LogP contribution in [0.5, 0.6) is 0 Å². The first-order chi connectivity index (χ1) is 6.53. The van der Waals surface area contributed by atoms with Gasteiger partial charge in [0.2, 0.25) is 0 Å².